The van der Waals surface area contributed by atoms with Crippen molar-refractivity contribution < 1.29 is 54.2 Å². The summed E-state index contributed by atoms with van der Waals surface area (Å²) in [5.74, 6) is -1.37. The molecule has 7 nitrogen and oxygen atoms in total. The van der Waals surface area contributed by atoms with Crippen LogP contribution in [0.5, 0.6) is 5.75 Å². The van der Waals surface area contributed by atoms with Gasteiger partial charge in [0.25, 0.3) is 0 Å². The largest absolute Gasteiger partial charge is 0.489 e. The molecule has 18 heteroatoms. The van der Waals surface area contributed by atoms with Crippen molar-refractivity contribution in [2.45, 2.75) is 83.0 Å². The molecule has 1 unspecified atom stereocenters. The van der Waals surface area contributed by atoms with Gasteiger partial charge >= 0.3 is 24.5 Å². The molecule has 1 aromatic heterocycles. The van der Waals surface area contributed by atoms with E-state index in [-0.39, 0.29) is 71.0 Å². The molecule has 298 valence electrons. The van der Waals surface area contributed by atoms with Crippen molar-refractivity contribution in [3.05, 3.63) is 80.6 Å². The molecule has 0 radical (unpaired) electrons. The van der Waals surface area contributed by atoms with Gasteiger partial charge in [-0.2, -0.15) is 51.3 Å². The predicted molar refractivity (Wildman–Crippen MR) is 188 cm³/mol. The Morgan fingerprint density at radius 1 is 0.926 bits per heavy atom. The van der Waals surface area contributed by atoms with Gasteiger partial charge in [0.1, 0.15) is 0 Å². The molecule has 0 bridgehead atoms. The Morgan fingerprint density at radius 3 is 2.06 bits per heavy atom. The number of benzene rings is 2. The van der Waals surface area contributed by atoms with E-state index in [0.29, 0.717) is 30.0 Å². The van der Waals surface area contributed by atoms with E-state index in [2.05, 4.69) is 20.6 Å². The van der Waals surface area contributed by atoms with Gasteiger partial charge in [0.2, 0.25) is 5.95 Å². The Bertz CT molecular complexity index is 1720. The minimum Gasteiger partial charge on any atom is -0.489 e. The molecule has 0 amide bonds. The number of carbonyl (C=O) groups is 1. The number of hydrogen-bond donors (Lipinski definition) is 3. The van der Waals surface area contributed by atoms with Gasteiger partial charge in [-0.1, -0.05) is 18.5 Å². The third-order valence-electron chi connectivity index (χ3n) is 9.40. The summed E-state index contributed by atoms with van der Waals surface area (Å²) in [6.07, 6.45) is -8.70. The number of anilines is 1. The van der Waals surface area contributed by atoms with Crippen molar-refractivity contribution in [2.75, 3.05) is 30.5 Å². The second-order valence-corrected chi connectivity index (χ2v) is 14.7. The Kier molecular flexibility index (Phi) is 14.4. The minimum atomic E-state index is -5.08. The van der Waals surface area contributed by atoms with Gasteiger partial charge in [0, 0.05) is 35.7 Å². The molecule has 2 aromatic carbocycles. The van der Waals surface area contributed by atoms with Gasteiger partial charge in [-0.25, -0.2) is 9.97 Å². The SMILES string of the molecule is CSCCOc1cnc(NCc2cc(C(F)(F)F)cc(Cl)c2C(C)NCC2CCC(CC(=O)O)CC2)nc1[C@@H](C)c1cc(C(F)(F)F)cc(C(F)(F)F)c1. The monoisotopic (exact) mass is 814 g/mol. The number of hydrogen-bond acceptors (Lipinski definition) is 7. The second kappa shape index (κ2) is 18.0. The molecule has 1 saturated carbocycles. The summed E-state index contributed by atoms with van der Waals surface area (Å²) in [6, 6.07) is 2.48. The van der Waals surface area contributed by atoms with Crippen LogP contribution in [0, 0.1) is 11.8 Å². The Morgan fingerprint density at radius 2 is 1.50 bits per heavy atom. The number of ether oxygens (including phenoxy) is 1. The lowest BCUT2D eigenvalue weighted by Crippen LogP contribution is -2.30. The van der Waals surface area contributed by atoms with Crippen LogP contribution in [-0.2, 0) is 29.9 Å². The summed E-state index contributed by atoms with van der Waals surface area (Å²) in [5, 5.41) is 15.1. The van der Waals surface area contributed by atoms with Crippen LogP contribution in [-0.4, -0.2) is 46.2 Å². The zero-order chi connectivity index (χ0) is 40.0. The van der Waals surface area contributed by atoms with Crippen LogP contribution in [0.15, 0.2) is 36.5 Å². The standard InChI is InChI=1S/C36H40ClF9N4O3S/c1-19(23-11-25(34(38,39)40)14-26(12-23)35(41,42)43)32-29(53-8-9-54-3)18-49-33(50-32)48-17-24-13-27(36(44,45)46)15-28(37)31(24)20(2)47-16-22-6-4-21(5-7-22)10-30(51)52/h11-15,18-22,47H,4-10,16-17H2,1-3H3,(H,51,52)(H,48,49,50)/t19-,20?,21?,22?/m0/s1. The summed E-state index contributed by atoms with van der Waals surface area (Å²) in [5.41, 5.74) is -3.89. The molecule has 0 aliphatic heterocycles. The first kappa shape index (κ1) is 43.3. The van der Waals surface area contributed by atoms with Gasteiger partial charge in [0.05, 0.1) is 35.2 Å². The average Bonchev–Trinajstić information content (AvgIpc) is 3.08. The maximum atomic E-state index is 13.9. The van der Waals surface area contributed by atoms with Crippen LogP contribution in [0.1, 0.15) is 97.0 Å². The van der Waals surface area contributed by atoms with E-state index in [1.165, 1.54) is 24.9 Å². The van der Waals surface area contributed by atoms with E-state index >= 15 is 0 Å². The molecule has 2 atom stereocenters. The van der Waals surface area contributed by atoms with E-state index in [1.807, 2.05) is 0 Å². The first-order valence-electron chi connectivity index (χ1n) is 17.0. The quantitative estimate of drug-likeness (QED) is 0.103. The number of halogens is 10. The molecular weight excluding hydrogens is 775 g/mol. The van der Waals surface area contributed by atoms with E-state index in [1.54, 1.807) is 13.2 Å². The van der Waals surface area contributed by atoms with Crippen molar-refractivity contribution in [1.82, 2.24) is 15.3 Å². The van der Waals surface area contributed by atoms with Crippen LogP contribution >= 0.6 is 23.4 Å². The Hall–Kier alpha value is -3.44. The molecule has 0 spiro atoms. The Labute approximate surface area is 315 Å². The summed E-state index contributed by atoms with van der Waals surface area (Å²) < 4.78 is 130. The third kappa shape index (κ3) is 11.8. The highest BCUT2D eigenvalue weighted by molar-refractivity contribution is 7.98. The van der Waals surface area contributed by atoms with Crippen molar-refractivity contribution in [3.8, 4) is 5.75 Å². The number of carboxylic acids is 1. The predicted octanol–water partition coefficient (Wildman–Crippen LogP) is 10.6. The summed E-state index contributed by atoms with van der Waals surface area (Å²) in [7, 11) is 0. The van der Waals surface area contributed by atoms with Crippen molar-refractivity contribution in [3.63, 3.8) is 0 Å². The number of aliphatic carboxylic acids is 1. The molecule has 4 rings (SSSR count). The van der Waals surface area contributed by atoms with Crippen LogP contribution < -0.4 is 15.4 Å². The van der Waals surface area contributed by atoms with E-state index in [0.717, 1.165) is 37.8 Å². The van der Waals surface area contributed by atoms with Crippen LogP contribution in [0.2, 0.25) is 5.02 Å². The Balaban J connectivity index is 1.64. The second-order valence-electron chi connectivity index (χ2n) is 13.3. The number of alkyl halides is 9. The van der Waals surface area contributed by atoms with E-state index < -0.39 is 53.1 Å². The van der Waals surface area contributed by atoms with Gasteiger partial charge in [-0.05, 0) is 104 Å². The van der Waals surface area contributed by atoms with Crippen molar-refractivity contribution in [1.29, 1.82) is 0 Å². The lowest BCUT2D eigenvalue weighted by Gasteiger charge is -2.29. The number of rotatable bonds is 15. The third-order valence-corrected chi connectivity index (χ3v) is 10.3. The van der Waals surface area contributed by atoms with Gasteiger partial charge < -0.3 is 20.5 Å². The fourth-order valence-electron chi connectivity index (χ4n) is 6.49. The summed E-state index contributed by atoms with van der Waals surface area (Å²) >= 11 is 7.91. The molecule has 3 N–H and O–H groups in total. The maximum Gasteiger partial charge on any atom is 0.416 e. The van der Waals surface area contributed by atoms with Crippen molar-refractivity contribution in [2.24, 2.45) is 11.8 Å². The molecule has 3 aromatic rings. The number of nitrogens with zero attached hydrogens (tertiary/aromatic N) is 2. The van der Waals surface area contributed by atoms with Crippen LogP contribution in [0.25, 0.3) is 0 Å². The van der Waals surface area contributed by atoms with Gasteiger partial charge in [-0.3, -0.25) is 4.79 Å². The zero-order valence-electron chi connectivity index (χ0n) is 29.5. The minimum absolute atomic E-state index is 0.00527. The highest BCUT2D eigenvalue weighted by Gasteiger charge is 2.38. The number of aromatic nitrogens is 2. The van der Waals surface area contributed by atoms with Gasteiger partial charge in [-0.15, -0.1) is 0 Å². The smallest absolute Gasteiger partial charge is 0.416 e. The highest BCUT2D eigenvalue weighted by Crippen LogP contribution is 2.41. The maximum absolute atomic E-state index is 13.9. The first-order chi connectivity index (χ1) is 25.2. The lowest BCUT2D eigenvalue weighted by atomic mass is 9.80. The molecule has 1 fully saturated rings. The van der Waals surface area contributed by atoms with Gasteiger partial charge in [0.15, 0.2) is 5.75 Å². The van der Waals surface area contributed by atoms with Crippen LogP contribution in [0.4, 0.5) is 45.5 Å². The summed E-state index contributed by atoms with van der Waals surface area (Å²) in [4.78, 5) is 19.7. The van der Waals surface area contributed by atoms with Crippen LogP contribution in [0.3, 0.4) is 0 Å². The molecule has 1 heterocycles. The normalized spacial score (nSPS) is 17.9. The average molecular weight is 815 g/mol. The number of carboxylic acid groups (broad SMARTS) is 1. The number of thioether (sulfide) groups is 1. The fraction of sp³-hybridized carbons (Fsp3) is 0.528. The van der Waals surface area contributed by atoms with Crippen molar-refractivity contribution >= 4 is 35.3 Å². The van der Waals surface area contributed by atoms with E-state index in [4.69, 9.17) is 21.4 Å². The lowest BCUT2D eigenvalue weighted by molar-refractivity contribution is -0.143. The summed E-state index contributed by atoms with van der Waals surface area (Å²) in [6.45, 7) is 3.45. The molecule has 54 heavy (non-hydrogen) atoms. The fourth-order valence-corrected chi connectivity index (χ4v) is 7.14. The zero-order valence-corrected chi connectivity index (χ0v) is 31.1. The first-order valence-corrected chi connectivity index (χ1v) is 18.8. The molecule has 1 aliphatic rings. The highest BCUT2D eigenvalue weighted by atomic mass is 35.5. The molecular formula is C36H40ClF9N4O3S. The topological polar surface area (TPSA) is 96.4 Å². The van der Waals surface area contributed by atoms with E-state index in [9.17, 15) is 44.3 Å². The molecule has 0 saturated heterocycles. The molecule has 1 aliphatic carbocycles. The number of nitrogens with one attached hydrogen (secondary N) is 2.